The Hall–Kier alpha value is -0.850. The second-order valence-corrected chi connectivity index (χ2v) is 7.67. The number of nitrogens with zero attached hydrogens (tertiary/aromatic N) is 2. The molecule has 0 saturated carbocycles. The number of aromatic nitrogens is 1. The van der Waals surface area contributed by atoms with Crippen LogP contribution in [0.25, 0.3) is 0 Å². The number of anilines is 1. The van der Waals surface area contributed by atoms with E-state index in [1.807, 2.05) is 30.9 Å². The summed E-state index contributed by atoms with van der Waals surface area (Å²) in [6.07, 6.45) is 0. The average Bonchev–Trinajstić information content (AvgIpc) is 2.37. The smallest absolute Gasteiger partial charge is 0.154 e. The molecule has 2 rings (SSSR count). The van der Waals surface area contributed by atoms with Crippen LogP contribution in [0.4, 0.5) is 5.82 Å². The van der Waals surface area contributed by atoms with E-state index in [1.165, 1.54) is 0 Å². The van der Waals surface area contributed by atoms with Gasteiger partial charge in [-0.15, -0.1) is 0 Å². The number of hydrogen-bond donors (Lipinski definition) is 1. The van der Waals surface area contributed by atoms with Crippen LogP contribution in [0.1, 0.15) is 19.5 Å². The van der Waals surface area contributed by atoms with Gasteiger partial charge in [-0.2, -0.15) is 0 Å². The second-order valence-electron chi connectivity index (χ2n) is 5.04. The molecule has 1 N–H and O–H groups in total. The van der Waals surface area contributed by atoms with Crippen LogP contribution in [0.3, 0.4) is 0 Å². The Labute approximate surface area is 125 Å². The van der Waals surface area contributed by atoms with Crippen molar-refractivity contribution in [1.29, 1.82) is 0 Å². The van der Waals surface area contributed by atoms with Gasteiger partial charge >= 0.3 is 0 Å². The Morgan fingerprint density at radius 3 is 2.90 bits per heavy atom. The topological polar surface area (TPSA) is 62.3 Å². The minimum Gasteiger partial charge on any atom is -0.352 e. The number of nitrogens with one attached hydrogen (secondary N) is 1. The standard InChI is InChI=1S/C13H20ClN3O2S/c1-3-15-8-12-11(14)4-5-13(16-12)17-6-7-20(18,19)9-10(17)2/h4-5,10,15H,3,6-9H2,1-2H3. The Kier molecular flexibility index (Phi) is 4.88. The molecule has 0 aromatic carbocycles. The van der Waals surface area contributed by atoms with E-state index in [2.05, 4.69) is 10.3 Å². The van der Waals surface area contributed by atoms with Gasteiger partial charge in [0, 0.05) is 19.1 Å². The molecule has 7 heteroatoms. The minimum atomic E-state index is -2.91. The van der Waals surface area contributed by atoms with Crippen LogP contribution in [0.5, 0.6) is 0 Å². The lowest BCUT2D eigenvalue weighted by Gasteiger charge is -2.34. The average molecular weight is 318 g/mol. The summed E-state index contributed by atoms with van der Waals surface area (Å²) in [4.78, 5) is 6.60. The van der Waals surface area contributed by atoms with E-state index in [0.29, 0.717) is 18.1 Å². The third-order valence-corrected chi connectivity index (χ3v) is 5.55. The summed E-state index contributed by atoms with van der Waals surface area (Å²) in [6.45, 7) is 5.88. The zero-order valence-corrected chi connectivity index (χ0v) is 13.3. The van der Waals surface area contributed by atoms with E-state index in [-0.39, 0.29) is 17.5 Å². The van der Waals surface area contributed by atoms with Crippen molar-refractivity contribution in [3.8, 4) is 0 Å². The fraction of sp³-hybridized carbons (Fsp3) is 0.615. The first-order chi connectivity index (χ1) is 9.43. The van der Waals surface area contributed by atoms with E-state index in [0.717, 1.165) is 18.1 Å². The molecule has 20 heavy (non-hydrogen) atoms. The molecule has 1 unspecified atom stereocenters. The van der Waals surface area contributed by atoms with E-state index < -0.39 is 9.84 Å². The number of hydrogen-bond acceptors (Lipinski definition) is 5. The number of halogens is 1. The SMILES string of the molecule is CCNCc1nc(N2CCS(=O)(=O)CC2C)ccc1Cl. The van der Waals surface area contributed by atoms with Crippen molar-refractivity contribution in [1.82, 2.24) is 10.3 Å². The van der Waals surface area contributed by atoms with Gasteiger partial charge in [-0.25, -0.2) is 13.4 Å². The zero-order chi connectivity index (χ0) is 14.8. The van der Waals surface area contributed by atoms with Crippen LogP contribution in [0.15, 0.2) is 12.1 Å². The Bertz CT molecular complexity index is 577. The lowest BCUT2D eigenvalue weighted by Crippen LogP contribution is -2.47. The van der Waals surface area contributed by atoms with Gasteiger partial charge in [0.2, 0.25) is 0 Å². The van der Waals surface area contributed by atoms with Crippen molar-refractivity contribution in [2.75, 3.05) is 29.5 Å². The minimum absolute atomic E-state index is 0.0607. The van der Waals surface area contributed by atoms with Crippen LogP contribution in [-0.2, 0) is 16.4 Å². The molecule has 0 bridgehead atoms. The van der Waals surface area contributed by atoms with Gasteiger partial charge in [0.15, 0.2) is 9.84 Å². The Morgan fingerprint density at radius 2 is 2.25 bits per heavy atom. The molecular weight excluding hydrogens is 298 g/mol. The zero-order valence-electron chi connectivity index (χ0n) is 11.8. The van der Waals surface area contributed by atoms with E-state index >= 15 is 0 Å². The molecule has 1 fully saturated rings. The molecule has 1 aliphatic heterocycles. The van der Waals surface area contributed by atoms with Crippen LogP contribution in [0.2, 0.25) is 5.02 Å². The normalized spacial score (nSPS) is 21.9. The lowest BCUT2D eigenvalue weighted by atomic mass is 10.2. The summed E-state index contributed by atoms with van der Waals surface area (Å²) in [5.41, 5.74) is 0.798. The van der Waals surface area contributed by atoms with Crippen molar-refractivity contribution in [3.63, 3.8) is 0 Å². The number of pyridine rings is 1. The predicted octanol–water partition coefficient (Wildman–Crippen LogP) is 1.47. The highest BCUT2D eigenvalue weighted by Crippen LogP contribution is 2.23. The highest BCUT2D eigenvalue weighted by molar-refractivity contribution is 7.91. The summed E-state index contributed by atoms with van der Waals surface area (Å²) in [5.74, 6) is 1.16. The molecule has 0 radical (unpaired) electrons. The van der Waals surface area contributed by atoms with Crippen molar-refractivity contribution >= 4 is 27.3 Å². The highest BCUT2D eigenvalue weighted by atomic mass is 35.5. The molecule has 1 aromatic rings. The van der Waals surface area contributed by atoms with Gasteiger partial charge < -0.3 is 10.2 Å². The van der Waals surface area contributed by atoms with Crippen LogP contribution in [0, 0.1) is 0 Å². The molecule has 1 aromatic heterocycles. The highest BCUT2D eigenvalue weighted by Gasteiger charge is 2.29. The van der Waals surface area contributed by atoms with Crippen molar-refractivity contribution in [3.05, 3.63) is 22.8 Å². The van der Waals surface area contributed by atoms with Gasteiger partial charge in [-0.05, 0) is 25.6 Å². The summed E-state index contributed by atoms with van der Waals surface area (Å²) in [5, 5.41) is 3.83. The fourth-order valence-electron chi connectivity index (χ4n) is 2.34. The van der Waals surface area contributed by atoms with Crippen molar-refractivity contribution in [2.45, 2.75) is 26.4 Å². The van der Waals surface area contributed by atoms with Gasteiger partial charge in [0.05, 0.1) is 22.2 Å². The summed E-state index contributed by atoms with van der Waals surface area (Å²) in [6, 6.07) is 3.62. The molecule has 0 aliphatic carbocycles. The summed E-state index contributed by atoms with van der Waals surface area (Å²) in [7, 11) is -2.91. The summed E-state index contributed by atoms with van der Waals surface area (Å²) < 4.78 is 23.2. The van der Waals surface area contributed by atoms with Gasteiger partial charge in [-0.3, -0.25) is 0 Å². The maximum atomic E-state index is 11.6. The van der Waals surface area contributed by atoms with Crippen LogP contribution >= 0.6 is 11.6 Å². The maximum absolute atomic E-state index is 11.6. The number of sulfone groups is 1. The monoisotopic (exact) mass is 317 g/mol. The third kappa shape index (κ3) is 3.62. The van der Waals surface area contributed by atoms with Gasteiger partial charge in [0.1, 0.15) is 5.82 Å². The Balaban J connectivity index is 2.20. The molecule has 0 amide bonds. The van der Waals surface area contributed by atoms with E-state index in [9.17, 15) is 8.42 Å². The maximum Gasteiger partial charge on any atom is 0.154 e. The molecule has 1 aliphatic rings. The molecule has 5 nitrogen and oxygen atoms in total. The fourth-order valence-corrected chi connectivity index (χ4v) is 4.07. The Morgan fingerprint density at radius 1 is 1.50 bits per heavy atom. The first-order valence-corrected chi connectivity index (χ1v) is 8.96. The molecular formula is C13H20ClN3O2S. The lowest BCUT2D eigenvalue weighted by molar-refractivity contribution is 0.566. The molecule has 112 valence electrons. The second kappa shape index (κ2) is 6.28. The van der Waals surface area contributed by atoms with Crippen molar-refractivity contribution < 1.29 is 8.42 Å². The predicted molar refractivity (Wildman–Crippen MR) is 82.1 cm³/mol. The quantitative estimate of drug-likeness (QED) is 0.911. The van der Waals surface area contributed by atoms with Crippen molar-refractivity contribution in [2.24, 2.45) is 0 Å². The van der Waals surface area contributed by atoms with Gasteiger partial charge in [-0.1, -0.05) is 18.5 Å². The molecule has 0 spiro atoms. The summed E-state index contributed by atoms with van der Waals surface area (Å²) >= 11 is 6.14. The number of rotatable bonds is 4. The molecule has 1 saturated heterocycles. The van der Waals surface area contributed by atoms with Crippen LogP contribution in [-0.4, -0.2) is 44.0 Å². The first-order valence-electron chi connectivity index (χ1n) is 6.76. The first kappa shape index (κ1) is 15.5. The van der Waals surface area contributed by atoms with Gasteiger partial charge in [0.25, 0.3) is 0 Å². The third-order valence-electron chi connectivity index (χ3n) is 3.41. The van der Waals surface area contributed by atoms with E-state index in [4.69, 9.17) is 11.6 Å². The van der Waals surface area contributed by atoms with Crippen LogP contribution < -0.4 is 10.2 Å². The molecule has 2 heterocycles. The largest absolute Gasteiger partial charge is 0.352 e. The van der Waals surface area contributed by atoms with E-state index in [1.54, 1.807) is 0 Å². The molecule has 1 atom stereocenters.